The number of nitrogens with one attached hydrogen (secondary N) is 1. The number of nitrogens with zero attached hydrogens (tertiary/aromatic N) is 1. The van der Waals surface area contributed by atoms with E-state index in [0.29, 0.717) is 18.7 Å². The number of carbonyl (C=O) groups is 1. The van der Waals surface area contributed by atoms with E-state index < -0.39 is 0 Å². The van der Waals surface area contributed by atoms with E-state index in [4.69, 9.17) is 4.74 Å². The predicted octanol–water partition coefficient (Wildman–Crippen LogP) is 4.25. The van der Waals surface area contributed by atoms with E-state index in [1.54, 1.807) is 43.5 Å². The summed E-state index contributed by atoms with van der Waals surface area (Å²) >= 11 is 0. The summed E-state index contributed by atoms with van der Waals surface area (Å²) in [6.45, 7) is 1.18. The fourth-order valence-electron chi connectivity index (χ4n) is 3.37. The van der Waals surface area contributed by atoms with Crippen LogP contribution in [0.2, 0.25) is 0 Å². The maximum absolute atomic E-state index is 13.6. The van der Waals surface area contributed by atoms with E-state index in [1.807, 2.05) is 11.1 Å². The highest BCUT2D eigenvalue weighted by atomic mass is 19.1. The molecule has 4 rings (SSSR count). The lowest BCUT2D eigenvalue weighted by Gasteiger charge is -2.26. The number of ether oxygens (including phenoxy) is 1. The molecule has 0 aliphatic carbocycles. The first-order valence-electron chi connectivity index (χ1n) is 8.55. The van der Waals surface area contributed by atoms with E-state index in [2.05, 4.69) is 11.1 Å². The summed E-state index contributed by atoms with van der Waals surface area (Å²) in [5, 5.41) is 0.881. The first kappa shape index (κ1) is 16.4. The van der Waals surface area contributed by atoms with Gasteiger partial charge >= 0.3 is 0 Å². The number of H-pyrrole nitrogens is 1. The summed E-state index contributed by atoms with van der Waals surface area (Å²) in [4.78, 5) is 17.7. The maximum atomic E-state index is 13.6. The van der Waals surface area contributed by atoms with Gasteiger partial charge in [-0.05, 0) is 54.5 Å². The Bertz CT molecular complexity index is 989. The zero-order chi connectivity index (χ0) is 18.1. The Labute approximate surface area is 150 Å². The van der Waals surface area contributed by atoms with E-state index >= 15 is 0 Å². The van der Waals surface area contributed by atoms with Gasteiger partial charge < -0.3 is 14.6 Å². The molecule has 0 saturated carbocycles. The molecule has 1 aliphatic heterocycles. The Morgan fingerprint density at radius 2 is 2.00 bits per heavy atom. The molecule has 0 spiro atoms. The van der Waals surface area contributed by atoms with Gasteiger partial charge in [0.2, 0.25) is 0 Å². The molecule has 132 valence electrons. The average Bonchev–Trinajstić information content (AvgIpc) is 3.10. The lowest BCUT2D eigenvalue weighted by molar-refractivity contribution is 0.0773. The largest absolute Gasteiger partial charge is 0.497 e. The van der Waals surface area contributed by atoms with Gasteiger partial charge in [-0.15, -0.1) is 0 Å². The zero-order valence-corrected chi connectivity index (χ0v) is 14.5. The summed E-state index contributed by atoms with van der Waals surface area (Å²) in [6, 6.07) is 11.9. The number of aromatic amines is 1. The van der Waals surface area contributed by atoms with E-state index in [1.165, 1.54) is 6.07 Å². The van der Waals surface area contributed by atoms with E-state index in [9.17, 15) is 9.18 Å². The average molecular weight is 350 g/mol. The highest BCUT2D eigenvalue weighted by Gasteiger charge is 2.20. The summed E-state index contributed by atoms with van der Waals surface area (Å²) in [6.07, 6.45) is 4.71. The molecular formula is C21H19FN2O2. The second kappa shape index (κ2) is 6.67. The number of benzene rings is 2. The van der Waals surface area contributed by atoms with Crippen LogP contribution in [0.25, 0.3) is 16.5 Å². The number of rotatable bonds is 3. The van der Waals surface area contributed by atoms with Gasteiger partial charge in [0.15, 0.2) is 0 Å². The highest BCUT2D eigenvalue weighted by Crippen LogP contribution is 2.30. The molecule has 0 bridgehead atoms. The molecular weight excluding hydrogens is 331 g/mol. The zero-order valence-electron chi connectivity index (χ0n) is 14.5. The van der Waals surface area contributed by atoms with Gasteiger partial charge in [0.1, 0.15) is 11.6 Å². The van der Waals surface area contributed by atoms with Crippen LogP contribution in [0.4, 0.5) is 4.39 Å². The van der Waals surface area contributed by atoms with Gasteiger partial charge in [-0.1, -0.05) is 6.08 Å². The minimum absolute atomic E-state index is 0.00734. The third-order valence-electron chi connectivity index (χ3n) is 4.82. The number of amides is 1. The molecule has 1 aromatic heterocycles. The molecule has 5 heteroatoms. The minimum Gasteiger partial charge on any atom is -0.497 e. The molecule has 1 N–H and O–H groups in total. The molecule has 2 aromatic carbocycles. The molecule has 0 atom stereocenters. The summed E-state index contributed by atoms with van der Waals surface area (Å²) < 4.78 is 18.7. The Kier molecular flexibility index (Phi) is 4.21. The molecule has 0 radical (unpaired) electrons. The first-order chi connectivity index (χ1) is 12.7. The van der Waals surface area contributed by atoms with Gasteiger partial charge in [0, 0.05) is 41.3 Å². The first-order valence-corrected chi connectivity index (χ1v) is 8.55. The fraction of sp³-hybridized carbons (Fsp3) is 0.190. The maximum Gasteiger partial charge on any atom is 0.254 e. The topological polar surface area (TPSA) is 45.3 Å². The fourth-order valence-corrected chi connectivity index (χ4v) is 3.37. The number of methoxy groups -OCH3 is 1. The van der Waals surface area contributed by atoms with E-state index in [-0.39, 0.29) is 11.7 Å². The number of carbonyl (C=O) groups excluding carboxylic acids is 1. The second-order valence-corrected chi connectivity index (χ2v) is 6.35. The van der Waals surface area contributed by atoms with Crippen LogP contribution in [-0.4, -0.2) is 36.0 Å². The number of halogens is 1. The Hall–Kier alpha value is -3.08. The van der Waals surface area contributed by atoms with Crippen LogP contribution in [0.5, 0.6) is 5.75 Å². The Morgan fingerprint density at radius 1 is 1.19 bits per heavy atom. The van der Waals surface area contributed by atoms with Crippen molar-refractivity contribution in [3.8, 4) is 5.75 Å². The Morgan fingerprint density at radius 3 is 2.69 bits per heavy atom. The van der Waals surface area contributed by atoms with Crippen LogP contribution < -0.4 is 4.74 Å². The van der Waals surface area contributed by atoms with Crippen molar-refractivity contribution < 1.29 is 13.9 Å². The summed E-state index contributed by atoms with van der Waals surface area (Å²) in [5.74, 6) is 0.493. The highest BCUT2D eigenvalue weighted by molar-refractivity contribution is 5.96. The number of aromatic nitrogens is 1. The third kappa shape index (κ3) is 2.96. The monoisotopic (exact) mass is 350 g/mol. The SMILES string of the molecule is COc1ccc(C(=O)N2CC=C(c3c[nH]c4ccc(F)cc34)CC2)cc1. The smallest absolute Gasteiger partial charge is 0.254 e. The third-order valence-corrected chi connectivity index (χ3v) is 4.82. The van der Waals surface area contributed by atoms with Crippen molar-refractivity contribution >= 4 is 22.4 Å². The lowest BCUT2D eigenvalue weighted by Crippen LogP contribution is -2.34. The van der Waals surface area contributed by atoms with Crippen molar-refractivity contribution in [2.75, 3.05) is 20.2 Å². The van der Waals surface area contributed by atoms with Gasteiger partial charge in [0.25, 0.3) is 5.91 Å². The van der Waals surface area contributed by atoms with Gasteiger partial charge in [-0.2, -0.15) is 0 Å². The number of hydrogen-bond donors (Lipinski definition) is 1. The van der Waals surface area contributed by atoms with Gasteiger partial charge in [0.05, 0.1) is 7.11 Å². The second-order valence-electron chi connectivity index (χ2n) is 6.35. The number of fused-ring (bicyclic) bond motifs is 1. The molecule has 26 heavy (non-hydrogen) atoms. The van der Waals surface area contributed by atoms with Crippen molar-refractivity contribution in [2.45, 2.75) is 6.42 Å². The molecule has 4 nitrogen and oxygen atoms in total. The lowest BCUT2D eigenvalue weighted by atomic mass is 9.98. The van der Waals surface area contributed by atoms with Crippen molar-refractivity contribution in [1.29, 1.82) is 0 Å². The van der Waals surface area contributed by atoms with Crippen molar-refractivity contribution in [3.05, 3.63) is 71.7 Å². The van der Waals surface area contributed by atoms with Gasteiger partial charge in [-0.25, -0.2) is 4.39 Å². The molecule has 3 aromatic rings. The van der Waals surface area contributed by atoms with Crippen LogP contribution in [-0.2, 0) is 0 Å². The van der Waals surface area contributed by atoms with Crippen LogP contribution in [0.3, 0.4) is 0 Å². The molecule has 1 aliphatic rings. The minimum atomic E-state index is -0.244. The van der Waals surface area contributed by atoms with Crippen molar-refractivity contribution in [2.24, 2.45) is 0 Å². The standard InChI is InChI=1S/C21H19FN2O2/c1-26-17-5-2-15(3-6-17)21(25)24-10-8-14(9-11-24)19-13-23-20-7-4-16(22)12-18(19)20/h2-8,12-13,23H,9-11H2,1H3. The molecule has 0 unspecified atom stereocenters. The Balaban J connectivity index is 1.53. The van der Waals surface area contributed by atoms with Crippen LogP contribution in [0, 0.1) is 5.82 Å². The molecule has 2 heterocycles. The van der Waals surface area contributed by atoms with Crippen LogP contribution in [0.1, 0.15) is 22.3 Å². The molecule has 0 fully saturated rings. The van der Waals surface area contributed by atoms with Crippen molar-refractivity contribution in [1.82, 2.24) is 9.88 Å². The normalized spacial score (nSPS) is 14.4. The van der Waals surface area contributed by atoms with Crippen LogP contribution >= 0.6 is 0 Å². The van der Waals surface area contributed by atoms with Crippen LogP contribution in [0.15, 0.2) is 54.7 Å². The summed E-state index contributed by atoms with van der Waals surface area (Å²) in [7, 11) is 1.60. The number of hydrogen-bond acceptors (Lipinski definition) is 2. The van der Waals surface area contributed by atoms with E-state index in [0.717, 1.165) is 34.2 Å². The van der Waals surface area contributed by atoms with Crippen molar-refractivity contribution in [3.63, 3.8) is 0 Å². The molecule has 0 saturated heterocycles. The summed E-state index contributed by atoms with van der Waals surface area (Å²) in [5.41, 5.74) is 3.72. The quantitative estimate of drug-likeness (QED) is 0.768. The van der Waals surface area contributed by atoms with Gasteiger partial charge in [-0.3, -0.25) is 4.79 Å². The molecule has 1 amide bonds. The predicted molar refractivity (Wildman–Crippen MR) is 99.7 cm³/mol.